The van der Waals surface area contributed by atoms with Crippen molar-refractivity contribution in [1.29, 1.82) is 0 Å². The van der Waals surface area contributed by atoms with Crippen LogP contribution in [0.5, 0.6) is 11.5 Å². The third kappa shape index (κ3) is 3.92. The van der Waals surface area contributed by atoms with E-state index in [1.54, 1.807) is 18.2 Å². The van der Waals surface area contributed by atoms with Gasteiger partial charge >= 0.3 is 0 Å². The second-order valence-electron chi connectivity index (χ2n) is 7.89. The van der Waals surface area contributed by atoms with Crippen LogP contribution >= 0.6 is 0 Å². The monoisotopic (exact) mass is 412 g/mol. The van der Waals surface area contributed by atoms with Crippen molar-refractivity contribution in [2.24, 2.45) is 0 Å². The topological polar surface area (TPSA) is 53.0 Å². The van der Waals surface area contributed by atoms with E-state index in [2.05, 4.69) is 34.1 Å². The summed E-state index contributed by atoms with van der Waals surface area (Å²) in [6.45, 7) is 4.12. The van der Waals surface area contributed by atoms with Gasteiger partial charge in [-0.25, -0.2) is 0 Å². The van der Waals surface area contributed by atoms with E-state index < -0.39 is 0 Å². The molecule has 0 unspecified atom stereocenters. The number of phenolic OH excluding ortho intramolecular Hbond substituents is 1. The number of piperazine rings is 1. The number of ketones is 1. The molecule has 5 nitrogen and oxygen atoms in total. The molecule has 0 saturated carbocycles. The van der Waals surface area contributed by atoms with E-state index in [-0.39, 0.29) is 11.5 Å². The molecule has 2 aliphatic heterocycles. The number of phenols is 1. The number of Topliss-reactive ketones (excluding diaryl/α,β-unsaturated/α-hetero) is 1. The van der Waals surface area contributed by atoms with Crippen molar-refractivity contribution in [3.05, 3.63) is 95.2 Å². The Kier molecular flexibility index (Phi) is 5.18. The summed E-state index contributed by atoms with van der Waals surface area (Å²) < 4.78 is 5.98. The Balaban J connectivity index is 1.33. The smallest absolute Gasteiger partial charge is 0.231 e. The minimum atomic E-state index is -0.144. The maximum Gasteiger partial charge on any atom is 0.231 e. The van der Waals surface area contributed by atoms with Gasteiger partial charge in [-0.15, -0.1) is 0 Å². The zero-order valence-corrected chi connectivity index (χ0v) is 17.2. The molecule has 0 atom stereocenters. The molecule has 2 heterocycles. The van der Waals surface area contributed by atoms with Gasteiger partial charge in [-0.1, -0.05) is 48.5 Å². The standard InChI is InChI=1S/C26H24N2O3/c29-23-12-11-21-25(30)24(17-19-7-3-1-4-8-19)31-26(21)22(23)18-27-13-15-28(16-14-27)20-9-5-2-6-10-20/h1-12,17,29H,13-16,18H2/b24-17-. The summed E-state index contributed by atoms with van der Waals surface area (Å²) in [5.74, 6) is 0.798. The second-order valence-corrected chi connectivity index (χ2v) is 7.89. The van der Waals surface area contributed by atoms with Gasteiger partial charge in [0.1, 0.15) is 11.5 Å². The van der Waals surface area contributed by atoms with Crippen LogP contribution in [0.3, 0.4) is 0 Å². The first-order valence-electron chi connectivity index (χ1n) is 10.6. The van der Waals surface area contributed by atoms with E-state index in [1.807, 2.05) is 36.4 Å². The van der Waals surface area contributed by atoms with Gasteiger partial charge in [-0.05, 0) is 35.9 Å². The highest BCUT2D eigenvalue weighted by Crippen LogP contribution is 2.40. The fraction of sp³-hybridized carbons (Fsp3) is 0.192. The van der Waals surface area contributed by atoms with E-state index >= 15 is 0 Å². The summed E-state index contributed by atoms with van der Waals surface area (Å²) >= 11 is 0. The van der Waals surface area contributed by atoms with Gasteiger partial charge in [-0.2, -0.15) is 0 Å². The van der Waals surface area contributed by atoms with Crippen LogP contribution in [0, 0.1) is 0 Å². The van der Waals surface area contributed by atoms with Crippen molar-refractivity contribution >= 4 is 17.5 Å². The number of hydrogen-bond acceptors (Lipinski definition) is 5. The lowest BCUT2D eigenvalue weighted by Gasteiger charge is -2.36. The maximum absolute atomic E-state index is 12.9. The number of allylic oxidation sites excluding steroid dienone is 1. The molecule has 1 N–H and O–H groups in total. The Morgan fingerprint density at radius 3 is 2.26 bits per heavy atom. The number of hydrogen-bond donors (Lipinski definition) is 1. The number of carbonyl (C=O) groups is 1. The molecule has 156 valence electrons. The lowest BCUT2D eigenvalue weighted by Crippen LogP contribution is -2.46. The fourth-order valence-electron chi connectivity index (χ4n) is 4.18. The number of fused-ring (bicyclic) bond motifs is 1. The average Bonchev–Trinajstić information content (AvgIpc) is 3.13. The van der Waals surface area contributed by atoms with Crippen molar-refractivity contribution < 1.29 is 14.6 Å². The van der Waals surface area contributed by atoms with Crippen LogP contribution in [-0.2, 0) is 6.54 Å². The highest BCUT2D eigenvalue weighted by Gasteiger charge is 2.32. The number of carbonyl (C=O) groups excluding carboxylic acids is 1. The summed E-state index contributed by atoms with van der Waals surface area (Å²) in [6.07, 6.45) is 1.75. The Labute approximate surface area is 181 Å². The Hall–Kier alpha value is -3.57. The Morgan fingerprint density at radius 2 is 1.55 bits per heavy atom. The van der Waals surface area contributed by atoms with E-state index in [0.29, 0.717) is 29.2 Å². The highest BCUT2D eigenvalue weighted by atomic mass is 16.5. The first-order chi connectivity index (χ1) is 15.2. The molecular weight excluding hydrogens is 388 g/mol. The molecule has 0 amide bonds. The first-order valence-corrected chi connectivity index (χ1v) is 10.6. The molecule has 1 saturated heterocycles. The molecule has 5 heteroatoms. The molecule has 1 fully saturated rings. The van der Waals surface area contributed by atoms with Gasteiger partial charge in [-0.3, -0.25) is 9.69 Å². The molecule has 0 aliphatic carbocycles. The lowest BCUT2D eigenvalue weighted by atomic mass is 10.0. The van der Waals surface area contributed by atoms with Crippen molar-refractivity contribution in [1.82, 2.24) is 4.90 Å². The lowest BCUT2D eigenvalue weighted by molar-refractivity contribution is 0.101. The molecule has 5 rings (SSSR count). The summed E-state index contributed by atoms with van der Waals surface area (Å²) in [7, 11) is 0. The van der Waals surface area contributed by atoms with Gasteiger partial charge in [0.2, 0.25) is 5.78 Å². The molecule has 31 heavy (non-hydrogen) atoms. The van der Waals surface area contributed by atoms with Crippen LogP contribution in [0.1, 0.15) is 21.5 Å². The molecule has 3 aromatic rings. The maximum atomic E-state index is 12.9. The second kappa shape index (κ2) is 8.28. The predicted molar refractivity (Wildman–Crippen MR) is 121 cm³/mol. The molecule has 2 aliphatic rings. The molecule has 3 aromatic carbocycles. The number of benzene rings is 3. The first kappa shape index (κ1) is 19.4. The quantitative estimate of drug-likeness (QED) is 0.647. The van der Waals surface area contributed by atoms with Crippen molar-refractivity contribution in [3.63, 3.8) is 0 Å². The SMILES string of the molecule is O=C1/C(=C/c2ccccc2)Oc2c1ccc(O)c2CN1CCN(c2ccccc2)CC1. The van der Waals surface area contributed by atoms with Gasteiger partial charge in [0.05, 0.1) is 11.1 Å². The van der Waals surface area contributed by atoms with E-state index in [4.69, 9.17) is 4.74 Å². The number of rotatable bonds is 4. The fourth-order valence-corrected chi connectivity index (χ4v) is 4.18. The van der Waals surface area contributed by atoms with Gasteiger partial charge < -0.3 is 14.7 Å². The Bertz CT molecular complexity index is 1120. The molecule has 0 aromatic heterocycles. The van der Waals surface area contributed by atoms with Crippen LogP contribution in [-0.4, -0.2) is 42.0 Å². The summed E-state index contributed by atoms with van der Waals surface area (Å²) in [5, 5.41) is 10.5. The highest BCUT2D eigenvalue weighted by molar-refractivity contribution is 6.15. The van der Waals surface area contributed by atoms with E-state index in [1.165, 1.54) is 5.69 Å². The number of ether oxygens (including phenoxy) is 1. The molecular formula is C26H24N2O3. The van der Waals surface area contributed by atoms with Crippen molar-refractivity contribution in [3.8, 4) is 11.5 Å². The van der Waals surface area contributed by atoms with Gasteiger partial charge in [0, 0.05) is 38.4 Å². The van der Waals surface area contributed by atoms with Gasteiger partial charge in [0.25, 0.3) is 0 Å². The van der Waals surface area contributed by atoms with Crippen LogP contribution < -0.4 is 9.64 Å². The van der Waals surface area contributed by atoms with Crippen molar-refractivity contribution in [2.75, 3.05) is 31.1 Å². The summed E-state index contributed by atoms with van der Waals surface area (Å²) in [4.78, 5) is 17.5. The number of aromatic hydroxyl groups is 1. The van der Waals surface area contributed by atoms with Crippen LogP contribution in [0.25, 0.3) is 6.08 Å². The van der Waals surface area contributed by atoms with Crippen LogP contribution in [0.2, 0.25) is 0 Å². The molecule has 0 radical (unpaired) electrons. The van der Waals surface area contributed by atoms with Crippen molar-refractivity contribution in [2.45, 2.75) is 6.54 Å². The zero-order valence-electron chi connectivity index (χ0n) is 17.2. The predicted octanol–water partition coefficient (Wildman–Crippen LogP) is 4.33. The molecule has 0 bridgehead atoms. The average molecular weight is 412 g/mol. The number of para-hydroxylation sites is 1. The van der Waals surface area contributed by atoms with E-state index in [9.17, 15) is 9.90 Å². The summed E-state index contributed by atoms with van der Waals surface area (Å²) in [5.41, 5.74) is 3.32. The molecule has 0 spiro atoms. The third-order valence-corrected chi connectivity index (χ3v) is 5.89. The Morgan fingerprint density at radius 1 is 0.871 bits per heavy atom. The normalized spacial score (nSPS) is 17.6. The largest absolute Gasteiger partial charge is 0.507 e. The third-order valence-electron chi connectivity index (χ3n) is 5.89. The minimum Gasteiger partial charge on any atom is -0.507 e. The van der Waals surface area contributed by atoms with Crippen LogP contribution in [0.15, 0.2) is 78.6 Å². The number of nitrogens with zero attached hydrogens (tertiary/aromatic N) is 2. The van der Waals surface area contributed by atoms with Gasteiger partial charge in [0.15, 0.2) is 5.76 Å². The zero-order chi connectivity index (χ0) is 21.2. The minimum absolute atomic E-state index is 0.144. The van der Waals surface area contributed by atoms with E-state index in [0.717, 1.165) is 31.7 Å². The summed E-state index contributed by atoms with van der Waals surface area (Å²) in [6, 6.07) is 23.3. The number of anilines is 1. The van der Waals surface area contributed by atoms with Crippen LogP contribution in [0.4, 0.5) is 5.69 Å².